The number of phenolic OH excluding ortho intramolecular Hbond substituents is 1. The Hall–Kier alpha value is -1.19. The molecule has 2 N–H and O–H groups in total. The van der Waals surface area contributed by atoms with Crippen LogP contribution in [0.2, 0.25) is 0 Å². The van der Waals surface area contributed by atoms with Crippen LogP contribution in [0.1, 0.15) is 0 Å². The maximum Gasteiger partial charge on any atom is 0.312 e. The van der Waals surface area contributed by atoms with E-state index < -0.39 is 31.3 Å². The van der Waals surface area contributed by atoms with Crippen molar-refractivity contribution >= 4 is 31.9 Å². The maximum absolute atomic E-state index is 11.3. The van der Waals surface area contributed by atoms with Crippen molar-refractivity contribution in [2.75, 3.05) is 0 Å². The van der Waals surface area contributed by atoms with E-state index in [1.807, 2.05) is 0 Å². The molecule has 0 aliphatic rings. The minimum Gasteiger partial charge on any atom is -0.501 e. The highest BCUT2D eigenvalue weighted by Crippen LogP contribution is 2.32. The molecule has 1 aromatic carbocycles. The first-order valence-electron chi connectivity index (χ1n) is 3.49. The van der Waals surface area contributed by atoms with E-state index in [0.29, 0.717) is 0 Å². The van der Waals surface area contributed by atoms with Crippen LogP contribution in [0.3, 0.4) is 0 Å². The number of hydrogen-bond acceptors (Lipinski definition) is 5. The van der Waals surface area contributed by atoms with E-state index in [1.165, 1.54) is 0 Å². The van der Waals surface area contributed by atoms with Crippen molar-refractivity contribution in [3.05, 3.63) is 28.3 Å². The van der Waals surface area contributed by atoms with Crippen LogP contribution in [0, 0.1) is 10.1 Å². The van der Waals surface area contributed by atoms with E-state index in [2.05, 4.69) is 16.1 Å². The quantitative estimate of drug-likeness (QED) is 0.489. The summed E-state index contributed by atoms with van der Waals surface area (Å²) < 4.78 is 24.3. The van der Waals surface area contributed by atoms with Crippen molar-refractivity contribution in [3.8, 4) is 5.75 Å². The molecule has 9 heteroatoms. The van der Waals surface area contributed by atoms with Gasteiger partial charge in [0.25, 0.3) is 10.0 Å². The van der Waals surface area contributed by atoms with Gasteiger partial charge in [-0.15, -0.1) is 3.75 Å². The van der Waals surface area contributed by atoms with Crippen LogP contribution in [-0.4, -0.2) is 18.4 Å². The van der Waals surface area contributed by atoms with E-state index in [0.717, 1.165) is 18.2 Å². The van der Waals surface area contributed by atoms with E-state index in [4.69, 9.17) is 0 Å². The van der Waals surface area contributed by atoms with Crippen LogP contribution in [-0.2, 0) is 10.0 Å². The predicted molar refractivity (Wildman–Crippen MR) is 54.0 cm³/mol. The summed E-state index contributed by atoms with van der Waals surface area (Å²) in [6.45, 7) is 0. The fourth-order valence-electron chi connectivity index (χ4n) is 0.916. The Kier molecular flexibility index (Phi) is 3.27. The van der Waals surface area contributed by atoms with E-state index >= 15 is 0 Å². The lowest BCUT2D eigenvalue weighted by molar-refractivity contribution is -0.386. The van der Waals surface area contributed by atoms with Crippen LogP contribution >= 0.6 is 16.1 Å². The Morgan fingerprint density at radius 3 is 2.53 bits per heavy atom. The summed E-state index contributed by atoms with van der Waals surface area (Å²) in [6, 6.07) is 3.21. The molecule has 0 amide bonds. The van der Waals surface area contributed by atoms with Gasteiger partial charge in [0, 0.05) is 22.2 Å². The van der Waals surface area contributed by atoms with Gasteiger partial charge in [0.15, 0.2) is 0 Å². The van der Waals surface area contributed by atoms with Crippen LogP contribution in [0.25, 0.3) is 0 Å². The van der Waals surface area contributed by atoms with Gasteiger partial charge in [0.2, 0.25) is 5.75 Å². The molecule has 1 rings (SSSR count). The monoisotopic (exact) mass is 296 g/mol. The summed E-state index contributed by atoms with van der Waals surface area (Å²) in [7, 11) is -3.97. The number of nitro groups is 1. The molecule has 0 saturated carbocycles. The van der Waals surface area contributed by atoms with Crippen molar-refractivity contribution in [2.45, 2.75) is 4.90 Å². The number of sulfonamides is 1. The first-order valence-corrected chi connectivity index (χ1v) is 5.76. The zero-order chi connectivity index (χ0) is 11.6. The molecule has 15 heavy (non-hydrogen) atoms. The molecule has 0 spiro atoms. The molecule has 0 atom stereocenters. The first kappa shape index (κ1) is 11.9. The number of para-hydroxylation sites is 1. The molecule has 0 aliphatic heterocycles. The number of hydrogen-bond donors (Lipinski definition) is 2. The molecule has 0 aromatic heterocycles. The average Bonchev–Trinajstić information content (AvgIpc) is 2.17. The molecular formula is C6H5BrN2O5S. The Morgan fingerprint density at radius 2 is 2.07 bits per heavy atom. The van der Waals surface area contributed by atoms with Crippen molar-refractivity contribution in [1.29, 1.82) is 0 Å². The lowest BCUT2D eigenvalue weighted by Crippen LogP contribution is -2.13. The summed E-state index contributed by atoms with van der Waals surface area (Å²) in [6.07, 6.45) is 0. The highest BCUT2D eigenvalue weighted by atomic mass is 79.9. The van der Waals surface area contributed by atoms with E-state index in [9.17, 15) is 23.6 Å². The minimum absolute atomic E-state index is 0.562. The van der Waals surface area contributed by atoms with Crippen LogP contribution in [0.5, 0.6) is 5.75 Å². The Labute approximate surface area is 93.3 Å². The Morgan fingerprint density at radius 1 is 1.47 bits per heavy atom. The number of nitrogens with zero attached hydrogens (tertiary/aromatic N) is 1. The number of phenols is 1. The second kappa shape index (κ2) is 4.13. The molecule has 1 aromatic rings. The molecule has 82 valence electrons. The predicted octanol–water partition coefficient (Wildman–Crippen LogP) is 0.889. The largest absolute Gasteiger partial charge is 0.501 e. The lowest BCUT2D eigenvalue weighted by Gasteiger charge is -2.03. The number of nitro benzene ring substituents is 1. The molecule has 0 radical (unpaired) electrons. The highest BCUT2D eigenvalue weighted by Gasteiger charge is 2.24. The van der Waals surface area contributed by atoms with Crippen molar-refractivity contribution in [1.82, 2.24) is 3.75 Å². The molecule has 0 fully saturated rings. The number of nitrogens with one attached hydrogen (secondary N) is 1. The van der Waals surface area contributed by atoms with Gasteiger partial charge in [-0.2, -0.15) is 0 Å². The van der Waals surface area contributed by atoms with Crippen molar-refractivity contribution in [2.24, 2.45) is 0 Å². The third-order valence-electron chi connectivity index (χ3n) is 1.57. The van der Waals surface area contributed by atoms with Gasteiger partial charge < -0.3 is 5.11 Å². The fraction of sp³-hybridized carbons (Fsp3) is 0. The molecule has 0 aliphatic carbocycles. The average molecular weight is 297 g/mol. The molecule has 0 saturated heterocycles. The van der Waals surface area contributed by atoms with Crippen molar-refractivity contribution < 1.29 is 18.4 Å². The molecule has 7 nitrogen and oxygen atoms in total. The normalized spacial score (nSPS) is 11.3. The van der Waals surface area contributed by atoms with Crippen LogP contribution < -0.4 is 3.75 Å². The van der Waals surface area contributed by atoms with Gasteiger partial charge in [0.1, 0.15) is 4.90 Å². The standard InChI is InChI=1S/C6H5BrN2O5S/c7-8-15(13,14)5-3-1-2-4(6(5)10)9(11)12/h1-3,8,10H. The first-order chi connectivity index (χ1) is 6.90. The molecule has 0 bridgehead atoms. The third kappa shape index (κ3) is 2.25. The topological polar surface area (TPSA) is 110 Å². The number of aromatic hydroxyl groups is 1. The third-order valence-corrected chi connectivity index (χ3v) is 3.96. The van der Waals surface area contributed by atoms with Gasteiger partial charge >= 0.3 is 5.69 Å². The van der Waals surface area contributed by atoms with Gasteiger partial charge in [-0.25, -0.2) is 8.42 Å². The second-order valence-corrected chi connectivity index (χ2v) is 5.03. The SMILES string of the molecule is O=[N+]([O-])c1cccc(S(=O)(=O)NBr)c1O. The Bertz CT molecular complexity index is 500. The number of rotatable bonds is 3. The highest BCUT2D eigenvalue weighted by molar-refractivity contribution is 9.09. The summed E-state index contributed by atoms with van der Waals surface area (Å²) in [5.74, 6) is -0.894. The minimum atomic E-state index is -3.97. The summed E-state index contributed by atoms with van der Waals surface area (Å²) in [5.41, 5.74) is -0.668. The summed E-state index contributed by atoms with van der Waals surface area (Å²) >= 11 is 2.48. The molecular weight excluding hydrogens is 292 g/mol. The molecule has 0 unspecified atom stereocenters. The number of benzene rings is 1. The smallest absolute Gasteiger partial charge is 0.312 e. The van der Waals surface area contributed by atoms with Gasteiger partial charge in [-0.05, 0) is 6.07 Å². The van der Waals surface area contributed by atoms with E-state index in [1.54, 1.807) is 3.75 Å². The number of halogens is 1. The zero-order valence-electron chi connectivity index (χ0n) is 7.05. The maximum atomic E-state index is 11.3. The van der Waals surface area contributed by atoms with Crippen LogP contribution in [0.4, 0.5) is 5.69 Å². The summed E-state index contributed by atoms with van der Waals surface area (Å²) in [5, 5.41) is 19.8. The van der Waals surface area contributed by atoms with Crippen LogP contribution in [0.15, 0.2) is 23.1 Å². The fourth-order valence-corrected chi connectivity index (χ4v) is 2.14. The van der Waals surface area contributed by atoms with Gasteiger partial charge in [-0.3, -0.25) is 10.1 Å². The zero-order valence-corrected chi connectivity index (χ0v) is 9.45. The second-order valence-electron chi connectivity index (χ2n) is 2.46. The lowest BCUT2D eigenvalue weighted by atomic mass is 10.3. The van der Waals surface area contributed by atoms with Gasteiger partial charge in [-0.1, -0.05) is 6.07 Å². The molecule has 0 heterocycles. The van der Waals surface area contributed by atoms with E-state index in [-0.39, 0.29) is 0 Å². The summed E-state index contributed by atoms with van der Waals surface area (Å²) in [4.78, 5) is 8.97. The Balaban J connectivity index is 3.47. The van der Waals surface area contributed by atoms with Gasteiger partial charge in [0.05, 0.1) is 4.92 Å². The van der Waals surface area contributed by atoms with Crippen molar-refractivity contribution in [3.63, 3.8) is 0 Å².